The lowest BCUT2D eigenvalue weighted by molar-refractivity contribution is -0.126. The molecule has 1 saturated heterocycles. The Kier molecular flexibility index (Phi) is 6.43. The maximum atomic E-state index is 13.5. The molecular formula is C29H29N3O2. The summed E-state index contributed by atoms with van der Waals surface area (Å²) in [7, 11) is 0. The van der Waals surface area contributed by atoms with Gasteiger partial charge in [0.15, 0.2) is 0 Å². The van der Waals surface area contributed by atoms with E-state index in [9.17, 15) is 9.59 Å². The highest BCUT2D eigenvalue weighted by molar-refractivity contribution is 6.07. The molecule has 0 bridgehead atoms. The lowest BCUT2D eigenvalue weighted by atomic mass is 9.95. The second kappa shape index (κ2) is 9.96. The number of para-hydroxylation sites is 1. The van der Waals surface area contributed by atoms with E-state index in [1.807, 2.05) is 77.8 Å². The minimum atomic E-state index is -0.0489. The first-order valence-corrected chi connectivity index (χ1v) is 11.9. The average Bonchev–Trinajstić information content (AvgIpc) is 3.26. The molecule has 172 valence electrons. The maximum Gasteiger partial charge on any atom is 0.256 e. The molecule has 2 heterocycles. The van der Waals surface area contributed by atoms with E-state index in [0.29, 0.717) is 32.5 Å². The minimum Gasteiger partial charge on any atom is -0.352 e. The Morgan fingerprint density at radius 1 is 0.794 bits per heavy atom. The summed E-state index contributed by atoms with van der Waals surface area (Å²) in [6, 6.07) is 28.3. The Morgan fingerprint density at radius 2 is 1.41 bits per heavy atom. The summed E-state index contributed by atoms with van der Waals surface area (Å²) in [6.45, 7) is 2.46. The normalized spacial score (nSPS) is 14.3. The lowest BCUT2D eigenvalue weighted by Crippen LogP contribution is -2.42. The molecule has 1 aliphatic heterocycles. The van der Waals surface area contributed by atoms with E-state index in [1.165, 1.54) is 5.56 Å². The van der Waals surface area contributed by atoms with Crippen LogP contribution in [0.25, 0.3) is 10.9 Å². The van der Waals surface area contributed by atoms with E-state index in [4.69, 9.17) is 0 Å². The van der Waals surface area contributed by atoms with E-state index < -0.39 is 0 Å². The monoisotopic (exact) mass is 451 g/mol. The number of hydrogen-bond donors (Lipinski definition) is 1. The molecule has 3 aromatic carbocycles. The molecule has 1 N–H and O–H groups in total. The number of likely N-dealkylation sites (tertiary alicyclic amines) is 1. The molecule has 2 amide bonds. The average molecular weight is 452 g/mol. The summed E-state index contributed by atoms with van der Waals surface area (Å²) in [5.41, 5.74) is 4.09. The van der Waals surface area contributed by atoms with Gasteiger partial charge < -0.3 is 14.8 Å². The van der Waals surface area contributed by atoms with Crippen molar-refractivity contribution >= 4 is 22.7 Å². The van der Waals surface area contributed by atoms with Gasteiger partial charge in [-0.2, -0.15) is 0 Å². The molecular weight excluding hydrogens is 422 g/mol. The summed E-state index contributed by atoms with van der Waals surface area (Å²) >= 11 is 0. The Morgan fingerprint density at radius 3 is 2.12 bits per heavy atom. The number of rotatable bonds is 6. The number of carbonyl (C=O) groups excluding carboxylic acids is 2. The molecule has 5 nitrogen and oxygen atoms in total. The number of carbonyl (C=O) groups is 2. The van der Waals surface area contributed by atoms with Gasteiger partial charge in [-0.05, 0) is 30.0 Å². The van der Waals surface area contributed by atoms with Gasteiger partial charge in [-0.3, -0.25) is 9.59 Å². The van der Waals surface area contributed by atoms with Crippen molar-refractivity contribution in [2.24, 2.45) is 5.92 Å². The van der Waals surface area contributed by atoms with Gasteiger partial charge in [0.25, 0.3) is 5.91 Å². The first-order chi connectivity index (χ1) is 16.7. The van der Waals surface area contributed by atoms with Crippen molar-refractivity contribution in [2.75, 3.05) is 13.1 Å². The van der Waals surface area contributed by atoms with Gasteiger partial charge >= 0.3 is 0 Å². The van der Waals surface area contributed by atoms with E-state index >= 15 is 0 Å². The molecule has 5 heteroatoms. The third kappa shape index (κ3) is 4.74. The number of aromatic nitrogens is 1. The summed E-state index contributed by atoms with van der Waals surface area (Å²) < 4.78 is 2.15. The molecule has 0 radical (unpaired) electrons. The largest absolute Gasteiger partial charge is 0.352 e. The van der Waals surface area contributed by atoms with Crippen LogP contribution in [0, 0.1) is 5.92 Å². The van der Waals surface area contributed by atoms with Crippen LogP contribution in [-0.4, -0.2) is 34.4 Å². The van der Waals surface area contributed by atoms with Crippen LogP contribution in [0.1, 0.15) is 34.3 Å². The van der Waals surface area contributed by atoms with E-state index in [2.05, 4.69) is 28.1 Å². The fourth-order valence-corrected chi connectivity index (χ4v) is 4.77. The van der Waals surface area contributed by atoms with Gasteiger partial charge in [0, 0.05) is 49.2 Å². The zero-order chi connectivity index (χ0) is 23.3. The third-order valence-electron chi connectivity index (χ3n) is 6.68. The van der Waals surface area contributed by atoms with Crippen LogP contribution in [0.2, 0.25) is 0 Å². The standard InChI is InChI=1S/C29H29N3O2/c33-28(30-19-22-9-3-1-4-10-22)24-15-17-31(18-16-24)29(34)26-21-32(20-23-11-5-2-6-12-23)27-14-8-7-13-25(26)27/h1-14,21,24H,15-20H2,(H,30,33). The number of hydrogen-bond acceptors (Lipinski definition) is 2. The number of nitrogens with one attached hydrogen (secondary N) is 1. The predicted molar refractivity (Wildman–Crippen MR) is 134 cm³/mol. The smallest absolute Gasteiger partial charge is 0.256 e. The van der Waals surface area contributed by atoms with E-state index in [0.717, 1.165) is 28.6 Å². The zero-order valence-electron chi connectivity index (χ0n) is 19.2. The van der Waals surface area contributed by atoms with Crippen LogP contribution < -0.4 is 5.32 Å². The quantitative estimate of drug-likeness (QED) is 0.455. The van der Waals surface area contributed by atoms with Gasteiger partial charge in [-0.1, -0.05) is 78.9 Å². The molecule has 0 saturated carbocycles. The summed E-state index contributed by atoms with van der Waals surface area (Å²) in [5, 5.41) is 4.03. The molecule has 4 aromatic rings. The van der Waals surface area contributed by atoms with Crippen molar-refractivity contribution in [1.82, 2.24) is 14.8 Å². The molecule has 1 fully saturated rings. The Bertz CT molecular complexity index is 1270. The Labute approximate surface area is 200 Å². The van der Waals surface area contributed by atoms with Crippen LogP contribution in [0.15, 0.2) is 91.1 Å². The summed E-state index contributed by atoms with van der Waals surface area (Å²) in [5.74, 6) is 0.0776. The van der Waals surface area contributed by atoms with Gasteiger partial charge in [0.05, 0.1) is 5.56 Å². The molecule has 0 spiro atoms. The van der Waals surface area contributed by atoms with Crippen molar-refractivity contribution in [3.8, 4) is 0 Å². The molecule has 0 unspecified atom stereocenters. The summed E-state index contributed by atoms with van der Waals surface area (Å²) in [4.78, 5) is 28.0. The van der Waals surface area contributed by atoms with Crippen molar-refractivity contribution in [2.45, 2.75) is 25.9 Å². The molecule has 0 aliphatic carbocycles. The zero-order valence-corrected chi connectivity index (χ0v) is 19.2. The number of amides is 2. The van der Waals surface area contributed by atoms with Crippen molar-refractivity contribution < 1.29 is 9.59 Å². The fourth-order valence-electron chi connectivity index (χ4n) is 4.77. The van der Waals surface area contributed by atoms with Crippen LogP contribution in [0.3, 0.4) is 0 Å². The molecule has 0 atom stereocenters. The number of piperidine rings is 1. The third-order valence-corrected chi connectivity index (χ3v) is 6.68. The second-order valence-electron chi connectivity index (χ2n) is 8.94. The lowest BCUT2D eigenvalue weighted by Gasteiger charge is -2.31. The number of benzene rings is 3. The van der Waals surface area contributed by atoms with Crippen LogP contribution in [0.4, 0.5) is 0 Å². The SMILES string of the molecule is O=C(NCc1ccccc1)C1CCN(C(=O)c2cn(Cc3ccccc3)c3ccccc23)CC1. The van der Waals surface area contributed by atoms with Crippen molar-refractivity contribution in [1.29, 1.82) is 0 Å². The van der Waals surface area contributed by atoms with Crippen LogP contribution in [-0.2, 0) is 17.9 Å². The second-order valence-corrected chi connectivity index (χ2v) is 8.94. The molecule has 34 heavy (non-hydrogen) atoms. The highest BCUT2D eigenvalue weighted by Gasteiger charge is 2.29. The van der Waals surface area contributed by atoms with Gasteiger partial charge in [0.1, 0.15) is 0 Å². The van der Waals surface area contributed by atoms with Gasteiger partial charge in [-0.15, -0.1) is 0 Å². The maximum absolute atomic E-state index is 13.5. The van der Waals surface area contributed by atoms with Crippen LogP contribution in [0.5, 0.6) is 0 Å². The highest BCUT2D eigenvalue weighted by Crippen LogP contribution is 2.26. The van der Waals surface area contributed by atoms with Crippen molar-refractivity contribution in [3.05, 3.63) is 108 Å². The molecule has 5 rings (SSSR count). The topological polar surface area (TPSA) is 54.3 Å². The van der Waals surface area contributed by atoms with Crippen molar-refractivity contribution in [3.63, 3.8) is 0 Å². The molecule has 1 aliphatic rings. The first-order valence-electron chi connectivity index (χ1n) is 11.9. The minimum absolute atomic E-state index is 0.0474. The number of fused-ring (bicyclic) bond motifs is 1. The molecule has 1 aromatic heterocycles. The summed E-state index contributed by atoms with van der Waals surface area (Å²) in [6.07, 6.45) is 3.36. The fraction of sp³-hybridized carbons (Fsp3) is 0.241. The number of nitrogens with zero attached hydrogens (tertiary/aromatic N) is 2. The first kappa shape index (κ1) is 22.0. The Balaban J connectivity index is 1.25. The Hall–Kier alpha value is -3.86. The predicted octanol–water partition coefficient (Wildman–Crippen LogP) is 4.86. The van der Waals surface area contributed by atoms with Gasteiger partial charge in [-0.25, -0.2) is 0 Å². The highest BCUT2D eigenvalue weighted by atomic mass is 16.2. The van der Waals surface area contributed by atoms with E-state index in [-0.39, 0.29) is 17.7 Å². The van der Waals surface area contributed by atoms with Crippen LogP contribution >= 0.6 is 0 Å². The van der Waals surface area contributed by atoms with E-state index in [1.54, 1.807) is 0 Å². The van der Waals surface area contributed by atoms with Gasteiger partial charge in [0.2, 0.25) is 5.91 Å².